The van der Waals surface area contributed by atoms with Gasteiger partial charge in [-0.3, -0.25) is 4.99 Å². The SMILES string of the molecule is C=N[C@H](C)CCOc1ccc(B2OC(C)(C)C(C)(C)O2)cc1. The molecule has 5 heteroatoms. The lowest BCUT2D eigenvalue weighted by molar-refractivity contribution is 0.00578. The molecule has 4 nitrogen and oxygen atoms in total. The highest BCUT2D eigenvalue weighted by Gasteiger charge is 2.51. The summed E-state index contributed by atoms with van der Waals surface area (Å²) in [5, 5.41) is 0. The minimum Gasteiger partial charge on any atom is -0.494 e. The molecular formula is C17H26BNO3. The van der Waals surface area contributed by atoms with Crippen LogP contribution in [0.25, 0.3) is 0 Å². The van der Waals surface area contributed by atoms with E-state index >= 15 is 0 Å². The van der Waals surface area contributed by atoms with E-state index in [-0.39, 0.29) is 24.4 Å². The molecule has 1 saturated heterocycles. The zero-order chi connectivity index (χ0) is 16.4. The van der Waals surface area contributed by atoms with Crippen LogP contribution in [0.4, 0.5) is 0 Å². The first-order chi connectivity index (χ1) is 10.2. The van der Waals surface area contributed by atoms with E-state index in [9.17, 15) is 0 Å². The van der Waals surface area contributed by atoms with Gasteiger partial charge in [0.05, 0.1) is 17.8 Å². The lowest BCUT2D eigenvalue weighted by Crippen LogP contribution is -2.41. The van der Waals surface area contributed by atoms with Crippen LogP contribution in [-0.4, -0.2) is 37.7 Å². The van der Waals surface area contributed by atoms with Crippen molar-refractivity contribution in [3.63, 3.8) is 0 Å². The maximum absolute atomic E-state index is 6.03. The van der Waals surface area contributed by atoms with E-state index in [0.717, 1.165) is 17.6 Å². The topological polar surface area (TPSA) is 40.0 Å². The van der Waals surface area contributed by atoms with E-state index in [1.807, 2.05) is 31.2 Å². The number of hydrogen-bond acceptors (Lipinski definition) is 4. The number of hydrogen-bond donors (Lipinski definition) is 0. The average Bonchev–Trinajstić information content (AvgIpc) is 2.68. The van der Waals surface area contributed by atoms with E-state index in [4.69, 9.17) is 14.0 Å². The van der Waals surface area contributed by atoms with Crippen LogP contribution in [0.1, 0.15) is 41.0 Å². The van der Waals surface area contributed by atoms with Gasteiger partial charge >= 0.3 is 7.12 Å². The van der Waals surface area contributed by atoms with Gasteiger partial charge in [0.1, 0.15) is 5.75 Å². The molecule has 22 heavy (non-hydrogen) atoms. The van der Waals surface area contributed by atoms with E-state index in [2.05, 4.69) is 39.4 Å². The lowest BCUT2D eigenvalue weighted by Gasteiger charge is -2.32. The average molecular weight is 303 g/mol. The predicted octanol–water partition coefficient (Wildman–Crippen LogP) is 2.84. The third kappa shape index (κ3) is 3.71. The molecule has 120 valence electrons. The van der Waals surface area contributed by atoms with Crippen LogP contribution in [0.5, 0.6) is 5.75 Å². The minimum absolute atomic E-state index is 0.226. The Morgan fingerprint density at radius 2 is 1.68 bits per heavy atom. The molecule has 2 rings (SSSR count). The van der Waals surface area contributed by atoms with Gasteiger partial charge in [0.2, 0.25) is 0 Å². The summed E-state index contributed by atoms with van der Waals surface area (Å²) in [7, 11) is -0.330. The standard InChI is InChI=1S/C17H26BNO3/c1-13(19-6)11-12-20-15-9-7-14(8-10-15)18-21-16(2,3)17(4,5)22-18/h7-10,13H,6,11-12H2,1-5H3/t13-/m1/s1. The van der Waals surface area contributed by atoms with Gasteiger partial charge in [-0.1, -0.05) is 12.1 Å². The van der Waals surface area contributed by atoms with Crippen molar-refractivity contribution in [1.29, 1.82) is 0 Å². The van der Waals surface area contributed by atoms with Gasteiger partial charge in [0.15, 0.2) is 0 Å². The Morgan fingerprint density at radius 1 is 1.14 bits per heavy atom. The Labute approximate surface area is 134 Å². The highest BCUT2D eigenvalue weighted by molar-refractivity contribution is 6.62. The fourth-order valence-electron chi connectivity index (χ4n) is 2.14. The minimum atomic E-state index is -0.330. The number of ether oxygens (including phenoxy) is 1. The van der Waals surface area contributed by atoms with Gasteiger partial charge in [-0.15, -0.1) is 0 Å². The summed E-state index contributed by atoms with van der Waals surface area (Å²) in [4.78, 5) is 3.95. The first-order valence-electron chi connectivity index (χ1n) is 7.79. The van der Waals surface area contributed by atoms with Gasteiger partial charge < -0.3 is 14.0 Å². The second-order valence-corrected chi connectivity index (χ2v) is 6.83. The lowest BCUT2D eigenvalue weighted by atomic mass is 9.79. The van der Waals surface area contributed by atoms with Crippen LogP contribution in [0.15, 0.2) is 29.3 Å². The zero-order valence-corrected chi connectivity index (χ0v) is 14.3. The molecule has 0 aliphatic carbocycles. The van der Waals surface area contributed by atoms with Crippen molar-refractivity contribution < 1.29 is 14.0 Å². The normalized spacial score (nSPS) is 20.7. The molecule has 1 atom stereocenters. The molecule has 0 spiro atoms. The first kappa shape index (κ1) is 17.0. The predicted molar refractivity (Wildman–Crippen MR) is 91.3 cm³/mol. The molecule has 0 N–H and O–H groups in total. The summed E-state index contributed by atoms with van der Waals surface area (Å²) in [5.74, 6) is 0.844. The van der Waals surface area contributed by atoms with Crippen LogP contribution in [-0.2, 0) is 9.31 Å². The van der Waals surface area contributed by atoms with Crippen molar-refractivity contribution in [2.24, 2.45) is 4.99 Å². The van der Waals surface area contributed by atoms with E-state index in [1.54, 1.807) is 0 Å². The monoisotopic (exact) mass is 303 g/mol. The van der Waals surface area contributed by atoms with E-state index in [0.29, 0.717) is 6.61 Å². The first-order valence-corrected chi connectivity index (χ1v) is 7.79. The Balaban J connectivity index is 1.94. The fraction of sp³-hybridized carbons (Fsp3) is 0.588. The third-order valence-electron chi connectivity index (χ3n) is 4.52. The molecule has 0 bridgehead atoms. The van der Waals surface area contributed by atoms with Gasteiger partial charge in [-0.2, -0.15) is 0 Å². The molecule has 1 heterocycles. The van der Waals surface area contributed by atoms with Crippen LogP contribution in [0.3, 0.4) is 0 Å². The summed E-state index contributed by atoms with van der Waals surface area (Å²) in [6.45, 7) is 14.4. The van der Waals surface area contributed by atoms with Crippen molar-refractivity contribution in [3.8, 4) is 5.75 Å². The molecule has 0 radical (unpaired) electrons. The summed E-state index contributed by atoms with van der Waals surface area (Å²) >= 11 is 0. The van der Waals surface area contributed by atoms with Crippen LogP contribution >= 0.6 is 0 Å². The molecule has 1 aliphatic heterocycles. The smallest absolute Gasteiger partial charge is 0.494 e. The quantitative estimate of drug-likeness (QED) is 0.599. The van der Waals surface area contributed by atoms with E-state index in [1.165, 1.54) is 0 Å². The second-order valence-electron chi connectivity index (χ2n) is 6.83. The van der Waals surface area contributed by atoms with Crippen molar-refractivity contribution in [2.75, 3.05) is 6.61 Å². The molecular weight excluding hydrogens is 277 g/mol. The Morgan fingerprint density at radius 3 is 2.18 bits per heavy atom. The van der Waals surface area contributed by atoms with Crippen molar-refractivity contribution in [1.82, 2.24) is 0 Å². The molecule has 0 saturated carbocycles. The van der Waals surface area contributed by atoms with Crippen LogP contribution < -0.4 is 10.2 Å². The maximum atomic E-state index is 6.03. The highest BCUT2D eigenvalue weighted by atomic mass is 16.7. The van der Waals surface area contributed by atoms with Crippen molar-refractivity contribution in [2.45, 2.75) is 58.3 Å². The highest BCUT2D eigenvalue weighted by Crippen LogP contribution is 2.36. The number of benzene rings is 1. The number of rotatable bonds is 6. The third-order valence-corrected chi connectivity index (χ3v) is 4.52. The van der Waals surface area contributed by atoms with Gasteiger partial charge in [-0.25, -0.2) is 0 Å². The van der Waals surface area contributed by atoms with Crippen LogP contribution in [0.2, 0.25) is 0 Å². The number of nitrogens with zero attached hydrogens (tertiary/aromatic N) is 1. The molecule has 1 aromatic carbocycles. The largest absolute Gasteiger partial charge is 0.494 e. The van der Waals surface area contributed by atoms with Crippen molar-refractivity contribution in [3.05, 3.63) is 24.3 Å². The molecule has 1 fully saturated rings. The molecule has 0 unspecified atom stereocenters. The van der Waals surface area contributed by atoms with Crippen molar-refractivity contribution >= 4 is 19.3 Å². The fourth-order valence-corrected chi connectivity index (χ4v) is 2.14. The van der Waals surface area contributed by atoms with Gasteiger partial charge in [-0.05, 0) is 58.9 Å². The molecule has 0 amide bonds. The Kier molecular flexibility index (Phi) is 4.98. The molecule has 1 aliphatic rings. The second kappa shape index (κ2) is 6.43. The number of aliphatic imine (C=N–C) groups is 1. The van der Waals surface area contributed by atoms with Gasteiger partial charge in [0, 0.05) is 12.5 Å². The summed E-state index contributed by atoms with van der Waals surface area (Å²) < 4.78 is 17.8. The Hall–Kier alpha value is -1.33. The Bertz CT molecular complexity index is 497. The molecule has 1 aromatic rings. The summed E-state index contributed by atoms with van der Waals surface area (Å²) in [6, 6.07) is 8.11. The van der Waals surface area contributed by atoms with Gasteiger partial charge in [0.25, 0.3) is 0 Å². The molecule has 0 aromatic heterocycles. The summed E-state index contributed by atoms with van der Waals surface area (Å²) in [6.07, 6.45) is 0.864. The summed E-state index contributed by atoms with van der Waals surface area (Å²) in [5.41, 5.74) is 0.369. The van der Waals surface area contributed by atoms with E-state index < -0.39 is 0 Å². The maximum Gasteiger partial charge on any atom is 0.494 e. The zero-order valence-electron chi connectivity index (χ0n) is 14.3. The van der Waals surface area contributed by atoms with Crippen LogP contribution in [0, 0.1) is 0 Å².